The van der Waals surface area contributed by atoms with Crippen LogP contribution in [0.1, 0.15) is 11.1 Å². The molecule has 0 saturated heterocycles. The predicted octanol–water partition coefficient (Wildman–Crippen LogP) is 5.55. The molecule has 27 heavy (non-hydrogen) atoms. The van der Waals surface area contributed by atoms with Crippen LogP contribution in [0.25, 0.3) is 0 Å². The van der Waals surface area contributed by atoms with Gasteiger partial charge in [-0.2, -0.15) is 18.2 Å². The number of hydrogen-bond donors (Lipinski definition) is 2. The highest BCUT2D eigenvalue weighted by Crippen LogP contribution is 2.37. The topological polar surface area (TPSA) is 49.8 Å². The lowest BCUT2D eigenvalue weighted by molar-refractivity contribution is -0.136. The van der Waals surface area contributed by atoms with Crippen molar-refractivity contribution < 1.29 is 13.2 Å². The zero-order valence-corrected chi connectivity index (χ0v) is 14.8. The van der Waals surface area contributed by atoms with E-state index in [-0.39, 0.29) is 16.7 Å². The first-order valence-corrected chi connectivity index (χ1v) is 8.54. The molecule has 2 N–H and O–H groups in total. The second-order valence-electron chi connectivity index (χ2n) is 5.74. The van der Waals surface area contributed by atoms with Crippen LogP contribution in [0.4, 0.5) is 30.6 Å². The standard InChI is InChI=1S/C19H16ClF3N4/c20-14-6-7-16(15(12-14)19(21,22)23)26-18-25-11-9-17(27-18)24-10-8-13-4-2-1-3-5-13/h1-7,9,11-12H,8,10H2,(H2,24,25,26,27). The van der Waals surface area contributed by atoms with Gasteiger partial charge in [-0.1, -0.05) is 41.9 Å². The number of halogens is 4. The van der Waals surface area contributed by atoms with Crippen LogP contribution >= 0.6 is 11.6 Å². The molecular weight excluding hydrogens is 377 g/mol. The Morgan fingerprint density at radius 1 is 1.00 bits per heavy atom. The van der Waals surface area contributed by atoms with Gasteiger partial charge in [0.15, 0.2) is 0 Å². The normalized spacial score (nSPS) is 11.3. The molecule has 140 valence electrons. The summed E-state index contributed by atoms with van der Waals surface area (Å²) in [5.41, 5.74) is 0.141. The summed E-state index contributed by atoms with van der Waals surface area (Å²) in [6.07, 6.45) is -2.27. The van der Waals surface area contributed by atoms with Crippen molar-refractivity contribution in [1.29, 1.82) is 0 Å². The van der Waals surface area contributed by atoms with Crippen molar-refractivity contribution in [3.05, 3.63) is 76.9 Å². The van der Waals surface area contributed by atoms with E-state index in [2.05, 4.69) is 20.6 Å². The van der Waals surface area contributed by atoms with Crippen LogP contribution in [0.5, 0.6) is 0 Å². The summed E-state index contributed by atoms with van der Waals surface area (Å²) in [5.74, 6) is 0.582. The summed E-state index contributed by atoms with van der Waals surface area (Å²) in [6.45, 7) is 0.634. The maximum absolute atomic E-state index is 13.2. The summed E-state index contributed by atoms with van der Waals surface area (Å²) in [4.78, 5) is 8.20. The molecule has 0 atom stereocenters. The van der Waals surface area contributed by atoms with Crippen LogP contribution in [0.15, 0.2) is 60.8 Å². The highest BCUT2D eigenvalue weighted by Gasteiger charge is 2.34. The Bertz CT molecular complexity index is 901. The molecule has 0 aliphatic heterocycles. The smallest absolute Gasteiger partial charge is 0.370 e. The zero-order valence-electron chi connectivity index (χ0n) is 14.1. The molecule has 2 aromatic carbocycles. The lowest BCUT2D eigenvalue weighted by atomic mass is 10.1. The molecule has 1 heterocycles. The lowest BCUT2D eigenvalue weighted by Crippen LogP contribution is -2.11. The van der Waals surface area contributed by atoms with Crippen molar-refractivity contribution in [1.82, 2.24) is 9.97 Å². The summed E-state index contributed by atoms with van der Waals surface area (Å²) in [5, 5.41) is 5.76. The molecule has 8 heteroatoms. The van der Waals surface area contributed by atoms with Gasteiger partial charge in [0.1, 0.15) is 5.82 Å². The van der Waals surface area contributed by atoms with Crippen molar-refractivity contribution in [3.63, 3.8) is 0 Å². The van der Waals surface area contributed by atoms with E-state index in [1.807, 2.05) is 30.3 Å². The average Bonchev–Trinajstić information content (AvgIpc) is 2.64. The third-order valence-electron chi connectivity index (χ3n) is 3.75. The number of benzene rings is 2. The second-order valence-corrected chi connectivity index (χ2v) is 6.18. The van der Waals surface area contributed by atoms with E-state index in [0.717, 1.165) is 12.5 Å². The maximum Gasteiger partial charge on any atom is 0.418 e. The van der Waals surface area contributed by atoms with E-state index in [4.69, 9.17) is 11.6 Å². The molecule has 0 saturated carbocycles. The Morgan fingerprint density at radius 2 is 1.78 bits per heavy atom. The molecule has 0 unspecified atom stereocenters. The summed E-state index contributed by atoms with van der Waals surface area (Å²) in [7, 11) is 0. The number of nitrogens with zero attached hydrogens (tertiary/aromatic N) is 2. The Morgan fingerprint density at radius 3 is 2.52 bits per heavy atom. The molecule has 0 aliphatic rings. The number of hydrogen-bond acceptors (Lipinski definition) is 4. The third kappa shape index (κ3) is 5.34. The van der Waals surface area contributed by atoms with Gasteiger partial charge < -0.3 is 10.6 Å². The van der Waals surface area contributed by atoms with E-state index < -0.39 is 11.7 Å². The summed E-state index contributed by atoms with van der Waals surface area (Å²) < 4.78 is 39.6. The maximum atomic E-state index is 13.2. The van der Waals surface area contributed by atoms with E-state index in [1.54, 1.807) is 6.07 Å². The molecule has 0 aliphatic carbocycles. The van der Waals surface area contributed by atoms with Gasteiger partial charge in [0.25, 0.3) is 0 Å². The van der Waals surface area contributed by atoms with Gasteiger partial charge in [-0.25, -0.2) is 4.98 Å². The molecule has 0 radical (unpaired) electrons. The first-order chi connectivity index (χ1) is 12.9. The number of nitrogens with one attached hydrogen (secondary N) is 2. The Labute approximate surface area is 159 Å². The molecule has 3 aromatic rings. The average molecular weight is 393 g/mol. The van der Waals surface area contributed by atoms with E-state index in [0.29, 0.717) is 12.4 Å². The number of alkyl halides is 3. The molecule has 0 spiro atoms. The van der Waals surface area contributed by atoms with Crippen LogP contribution in [0.3, 0.4) is 0 Å². The van der Waals surface area contributed by atoms with Gasteiger partial charge in [0.2, 0.25) is 5.95 Å². The van der Waals surface area contributed by atoms with E-state index >= 15 is 0 Å². The Balaban J connectivity index is 1.69. The van der Waals surface area contributed by atoms with Crippen LogP contribution in [-0.2, 0) is 12.6 Å². The van der Waals surface area contributed by atoms with Gasteiger partial charge >= 0.3 is 6.18 Å². The van der Waals surface area contributed by atoms with Crippen molar-refractivity contribution in [2.24, 2.45) is 0 Å². The van der Waals surface area contributed by atoms with Gasteiger partial charge in [0.05, 0.1) is 11.3 Å². The summed E-state index contributed by atoms with van der Waals surface area (Å²) in [6, 6.07) is 15.1. The fourth-order valence-corrected chi connectivity index (χ4v) is 2.65. The van der Waals surface area contributed by atoms with Gasteiger partial charge in [-0.3, -0.25) is 0 Å². The predicted molar refractivity (Wildman–Crippen MR) is 100 cm³/mol. The number of anilines is 3. The minimum absolute atomic E-state index is 0.00474. The van der Waals surface area contributed by atoms with Crippen LogP contribution in [-0.4, -0.2) is 16.5 Å². The first kappa shape index (κ1) is 19.0. The molecule has 0 bridgehead atoms. The SMILES string of the molecule is FC(F)(F)c1cc(Cl)ccc1Nc1nccc(NCCc2ccccc2)n1. The third-order valence-corrected chi connectivity index (χ3v) is 3.99. The van der Waals surface area contributed by atoms with Gasteiger partial charge in [-0.15, -0.1) is 0 Å². The Hall–Kier alpha value is -2.80. The van der Waals surface area contributed by atoms with E-state index in [1.165, 1.54) is 23.9 Å². The highest BCUT2D eigenvalue weighted by atomic mass is 35.5. The number of aromatic nitrogens is 2. The molecule has 3 rings (SSSR count). The second kappa shape index (κ2) is 8.26. The minimum Gasteiger partial charge on any atom is -0.370 e. The largest absolute Gasteiger partial charge is 0.418 e. The van der Waals surface area contributed by atoms with Crippen molar-refractivity contribution >= 4 is 29.1 Å². The van der Waals surface area contributed by atoms with Gasteiger partial charge in [-0.05, 0) is 36.2 Å². The molecule has 0 amide bonds. The van der Waals surface area contributed by atoms with Crippen LogP contribution in [0, 0.1) is 0 Å². The molecule has 1 aromatic heterocycles. The van der Waals surface area contributed by atoms with E-state index in [9.17, 15) is 13.2 Å². The van der Waals surface area contributed by atoms with Crippen LogP contribution < -0.4 is 10.6 Å². The van der Waals surface area contributed by atoms with Crippen molar-refractivity contribution in [2.45, 2.75) is 12.6 Å². The minimum atomic E-state index is -4.54. The van der Waals surface area contributed by atoms with Crippen molar-refractivity contribution in [2.75, 3.05) is 17.2 Å². The molecule has 0 fully saturated rings. The van der Waals surface area contributed by atoms with Crippen LogP contribution in [0.2, 0.25) is 5.02 Å². The van der Waals surface area contributed by atoms with Gasteiger partial charge in [0, 0.05) is 17.8 Å². The fourth-order valence-electron chi connectivity index (χ4n) is 2.48. The Kier molecular flexibility index (Phi) is 5.81. The summed E-state index contributed by atoms with van der Waals surface area (Å²) >= 11 is 5.69. The molecular formula is C19H16ClF3N4. The zero-order chi connectivity index (χ0) is 19.3. The van der Waals surface area contributed by atoms with Crippen molar-refractivity contribution in [3.8, 4) is 0 Å². The number of rotatable bonds is 6. The monoisotopic (exact) mass is 392 g/mol. The first-order valence-electron chi connectivity index (χ1n) is 8.16. The lowest BCUT2D eigenvalue weighted by Gasteiger charge is -2.14. The fraction of sp³-hybridized carbons (Fsp3) is 0.158. The quantitative estimate of drug-likeness (QED) is 0.577. The molecule has 4 nitrogen and oxygen atoms in total. The highest BCUT2D eigenvalue weighted by molar-refractivity contribution is 6.30.